The number of halogens is 1. The maximum Gasteiger partial charge on any atom is 0.137 e. The van der Waals surface area contributed by atoms with E-state index in [2.05, 4.69) is 5.32 Å². The van der Waals surface area contributed by atoms with Crippen LogP contribution in [0.3, 0.4) is 0 Å². The van der Waals surface area contributed by atoms with Gasteiger partial charge >= 0.3 is 0 Å². The molecule has 0 fully saturated rings. The van der Waals surface area contributed by atoms with Crippen LogP contribution in [0.25, 0.3) is 0 Å². The van der Waals surface area contributed by atoms with Crippen LogP contribution in [0.2, 0.25) is 5.02 Å². The van der Waals surface area contributed by atoms with E-state index in [9.17, 15) is 5.11 Å². The number of furan rings is 1. The summed E-state index contributed by atoms with van der Waals surface area (Å²) in [6.07, 6.45) is 0.837. The van der Waals surface area contributed by atoms with Crippen LogP contribution in [0.15, 0.2) is 41.0 Å². The molecule has 0 saturated carbocycles. The second-order valence-electron chi connectivity index (χ2n) is 3.76. The van der Waals surface area contributed by atoms with Gasteiger partial charge in [0.15, 0.2) is 0 Å². The lowest BCUT2D eigenvalue weighted by molar-refractivity contribution is 0.162. The van der Waals surface area contributed by atoms with Crippen molar-refractivity contribution in [2.24, 2.45) is 0 Å². The predicted molar refractivity (Wildman–Crippen MR) is 70.2 cm³/mol. The number of anilines is 1. The van der Waals surface area contributed by atoms with E-state index >= 15 is 0 Å². The van der Waals surface area contributed by atoms with Gasteiger partial charge in [-0.15, -0.1) is 0 Å². The fraction of sp³-hybridized carbons (Fsp3) is 0.231. The Bertz CT molecular complexity index is 499. The number of aliphatic hydroxyl groups is 1. The smallest absolute Gasteiger partial charge is 0.137 e. The molecule has 0 aliphatic heterocycles. The summed E-state index contributed by atoms with van der Waals surface area (Å²) in [7, 11) is 1.56. The Hall–Kier alpha value is -1.65. The van der Waals surface area contributed by atoms with E-state index in [0.717, 1.165) is 5.69 Å². The minimum Gasteiger partial charge on any atom is -0.495 e. The first kappa shape index (κ1) is 12.8. The van der Waals surface area contributed by atoms with Crippen molar-refractivity contribution in [2.45, 2.75) is 6.10 Å². The molecule has 0 radical (unpaired) electrons. The van der Waals surface area contributed by atoms with Crippen LogP contribution >= 0.6 is 11.6 Å². The van der Waals surface area contributed by atoms with Crippen LogP contribution in [-0.2, 0) is 0 Å². The molecule has 18 heavy (non-hydrogen) atoms. The first-order valence-electron chi connectivity index (χ1n) is 5.49. The summed E-state index contributed by atoms with van der Waals surface area (Å²) in [5, 5.41) is 13.4. The normalized spacial score (nSPS) is 12.2. The van der Waals surface area contributed by atoms with Gasteiger partial charge in [0, 0.05) is 12.2 Å². The minimum atomic E-state index is -0.694. The quantitative estimate of drug-likeness (QED) is 0.874. The van der Waals surface area contributed by atoms with Gasteiger partial charge in [-0.3, -0.25) is 0 Å². The summed E-state index contributed by atoms with van der Waals surface area (Å²) in [4.78, 5) is 0. The highest BCUT2D eigenvalue weighted by Gasteiger charge is 2.10. The average molecular weight is 268 g/mol. The van der Waals surface area contributed by atoms with Crippen LogP contribution in [0.4, 0.5) is 5.69 Å². The molecular formula is C13H14ClNO3. The van der Waals surface area contributed by atoms with Crippen LogP contribution in [0, 0.1) is 0 Å². The summed E-state index contributed by atoms with van der Waals surface area (Å²) in [5.74, 6) is 1.15. The number of ether oxygens (including phenoxy) is 1. The average Bonchev–Trinajstić information content (AvgIpc) is 2.90. The highest BCUT2D eigenvalue weighted by molar-refractivity contribution is 6.32. The van der Waals surface area contributed by atoms with E-state index in [1.807, 2.05) is 6.07 Å². The Balaban J connectivity index is 1.96. The van der Waals surface area contributed by atoms with Crippen LogP contribution in [0.1, 0.15) is 11.9 Å². The van der Waals surface area contributed by atoms with Crippen LogP contribution < -0.4 is 10.1 Å². The highest BCUT2D eigenvalue weighted by atomic mass is 35.5. The molecule has 0 aliphatic carbocycles. The Morgan fingerprint density at radius 1 is 1.44 bits per heavy atom. The van der Waals surface area contributed by atoms with Crippen molar-refractivity contribution < 1.29 is 14.3 Å². The van der Waals surface area contributed by atoms with Crippen molar-refractivity contribution in [1.82, 2.24) is 0 Å². The molecule has 0 saturated heterocycles. The molecule has 1 aromatic heterocycles. The standard InChI is InChI=1S/C13H14ClNO3/c1-17-12-5-4-9(7-10(12)14)15-8-11(16)13-3-2-6-18-13/h2-7,11,15-16H,8H2,1H3. The molecule has 1 unspecified atom stereocenters. The Morgan fingerprint density at radius 2 is 2.28 bits per heavy atom. The molecule has 4 nitrogen and oxygen atoms in total. The van der Waals surface area contributed by atoms with Gasteiger partial charge < -0.3 is 19.6 Å². The van der Waals surface area contributed by atoms with Gasteiger partial charge in [-0.05, 0) is 30.3 Å². The second kappa shape index (κ2) is 5.80. The number of hydrogen-bond acceptors (Lipinski definition) is 4. The van der Waals surface area contributed by atoms with E-state index in [0.29, 0.717) is 23.1 Å². The molecule has 0 bridgehead atoms. The van der Waals surface area contributed by atoms with Crippen LogP contribution in [0.5, 0.6) is 5.75 Å². The number of methoxy groups -OCH3 is 1. The molecule has 0 amide bonds. The van der Waals surface area contributed by atoms with Crippen LogP contribution in [-0.4, -0.2) is 18.8 Å². The number of aliphatic hydroxyl groups excluding tert-OH is 1. The van der Waals surface area contributed by atoms with Gasteiger partial charge in [-0.2, -0.15) is 0 Å². The fourth-order valence-electron chi connectivity index (χ4n) is 1.57. The third kappa shape index (κ3) is 2.97. The summed E-state index contributed by atoms with van der Waals surface area (Å²) in [5.41, 5.74) is 0.811. The SMILES string of the molecule is COc1ccc(NCC(O)c2ccco2)cc1Cl. The van der Waals surface area contributed by atoms with Gasteiger partial charge in [-0.1, -0.05) is 11.6 Å². The summed E-state index contributed by atoms with van der Waals surface area (Å²) < 4.78 is 10.2. The first-order valence-corrected chi connectivity index (χ1v) is 5.87. The zero-order chi connectivity index (χ0) is 13.0. The Kier molecular flexibility index (Phi) is 4.12. The van der Waals surface area contributed by atoms with Gasteiger partial charge in [-0.25, -0.2) is 0 Å². The van der Waals surface area contributed by atoms with E-state index in [4.69, 9.17) is 20.8 Å². The Labute approximate surface area is 110 Å². The van der Waals surface area contributed by atoms with Crippen molar-refractivity contribution in [3.63, 3.8) is 0 Å². The lowest BCUT2D eigenvalue weighted by atomic mass is 10.2. The van der Waals surface area contributed by atoms with E-state index < -0.39 is 6.10 Å². The number of rotatable bonds is 5. The summed E-state index contributed by atoms with van der Waals surface area (Å²) in [6, 6.07) is 8.81. The van der Waals surface area contributed by atoms with Gasteiger partial charge in [0.05, 0.1) is 18.4 Å². The van der Waals surface area contributed by atoms with Crippen molar-refractivity contribution in [2.75, 3.05) is 19.0 Å². The number of benzene rings is 1. The first-order chi connectivity index (χ1) is 8.70. The second-order valence-corrected chi connectivity index (χ2v) is 4.17. The molecule has 2 N–H and O–H groups in total. The highest BCUT2D eigenvalue weighted by Crippen LogP contribution is 2.27. The molecule has 2 rings (SSSR count). The maximum atomic E-state index is 9.83. The number of hydrogen-bond donors (Lipinski definition) is 2. The van der Waals surface area contributed by atoms with Gasteiger partial charge in [0.1, 0.15) is 17.6 Å². The maximum absolute atomic E-state index is 9.83. The lowest BCUT2D eigenvalue weighted by Crippen LogP contribution is -2.11. The molecule has 1 aromatic carbocycles. The largest absolute Gasteiger partial charge is 0.495 e. The number of nitrogens with one attached hydrogen (secondary N) is 1. The Morgan fingerprint density at radius 3 is 2.89 bits per heavy atom. The van der Waals surface area contributed by atoms with E-state index in [1.165, 1.54) is 6.26 Å². The van der Waals surface area contributed by atoms with Crippen molar-refractivity contribution in [3.8, 4) is 5.75 Å². The third-order valence-electron chi connectivity index (χ3n) is 2.52. The molecule has 2 aromatic rings. The summed E-state index contributed by atoms with van der Waals surface area (Å²) in [6.45, 7) is 0.343. The monoisotopic (exact) mass is 267 g/mol. The molecular weight excluding hydrogens is 254 g/mol. The van der Waals surface area contributed by atoms with Gasteiger partial charge in [0.25, 0.3) is 0 Å². The van der Waals surface area contributed by atoms with Crippen molar-refractivity contribution in [1.29, 1.82) is 0 Å². The lowest BCUT2D eigenvalue weighted by Gasteiger charge is -2.11. The minimum absolute atomic E-state index is 0.343. The van der Waals surface area contributed by atoms with E-state index in [1.54, 1.807) is 31.4 Å². The fourth-order valence-corrected chi connectivity index (χ4v) is 1.83. The topological polar surface area (TPSA) is 54.6 Å². The molecule has 0 aliphatic rings. The molecule has 1 heterocycles. The van der Waals surface area contributed by atoms with Gasteiger partial charge in [0.2, 0.25) is 0 Å². The van der Waals surface area contributed by atoms with Crippen molar-refractivity contribution in [3.05, 3.63) is 47.4 Å². The zero-order valence-electron chi connectivity index (χ0n) is 9.89. The predicted octanol–water partition coefficient (Wildman–Crippen LogP) is 3.09. The zero-order valence-corrected chi connectivity index (χ0v) is 10.6. The summed E-state index contributed by atoms with van der Waals surface area (Å²) >= 11 is 6.00. The van der Waals surface area contributed by atoms with Crippen molar-refractivity contribution >= 4 is 17.3 Å². The third-order valence-corrected chi connectivity index (χ3v) is 2.82. The van der Waals surface area contributed by atoms with E-state index in [-0.39, 0.29) is 0 Å². The molecule has 5 heteroatoms. The molecule has 0 spiro atoms. The molecule has 1 atom stereocenters. The molecule has 96 valence electrons.